The van der Waals surface area contributed by atoms with Crippen molar-refractivity contribution in [3.05, 3.63) is 48.7 Å². The first-order chi connectivity index (χ1) is 14.2. The van der Waals surface area contributed by atoms with Gasteiger partial charge in [0.15, 0.2) is 11.5 Å². The number of ether oxygens (including phenoxy) is 2. The molecule has 0 aliphatic rings. The average Bonchev–Trinajstić information content (AvgIpc) is 2.76. The Hall–Kier alpha value is -3.65. The smallest absolute Gasteiger partial charge is 0.230 e. The van der Waals surface area contributed by atoms with Crippen molar-refractivity contribution in [2.45, 2.75) is 0 Å². The Morgan fingerprint density at radius 3 is 2.52 bits per heavy atom. The van der Waals surface area contributed by atoms with Gasteiger partial charge in [0.05, 0.1) is 26.3 Å². The fourth-order valence-corrected chi connectivity index (χ4v) is 3.15. The van der Waals surface area contributed by atoms with Crippen LogP contribution in [0, 0.1) is 0 Å². The normalized spacial score (nSPS) is 10.9. The van der Waals surface area contributed by atoms with Crippen LogP contribution in [0.15, 0.2) is 48.7 Å². The van der Waals surface area contributed by atoms with Crippen LogP contribution in [0.4, 0.5) is 17.6 Å². The van der Waals surface area contributed by atoms with Gasteiger partial charge in [0.1, 0.15) is 11.6 Å². The number of rotatable bonds is 7. The lowest BCUT2D eigenvalue weighted by Gasteiger charge is -2.14. The van der Waals surface area contributed by atoms with Crippen molar-refractivity contribution in [2.24, 2.45) is 0 Å². The molecule has 0 fully saturated rings. The number of fused-ring (bicyclic) bond motifs is 2. The zero-order valence-electron chi connectivity index (χ0n) is 16.1. The van der Waals surface area contributed by atoms with Gasteiger partial charge in [-0.25, -0.2) is 9.97 Å². The van der Waals surface area contributed by atoms with Gasteiger partial charge in [0.2, 0.25) is 5.95 Å². The SMILES string of the molecule is COc1cc2nc(Nc3nccc4ccccc34)nc(NCCO)c2cc1OC. The first kappa shape index (κ1) is 18.7. The Bertz CT molecular complexity index is 1160. The van der Waals surface area contributed by atoms with Gasteiger partial charge < -0.3 is 25.2 Å². The number of pyridine rings is 1. The number of anilines is 3. The van der Waals surface area contributed by atoms with Crippen molar-refractivity contribution < 1.29 is 14.6 Å². The van der Waals surface area contributed by atoms with Crippen LogP contribution in [-0.4, -0.2) is 47.4 Å². The number of aliphatic hydroxyl groups is 1. The Morgan fingerprint density at radius 2 is 1.72 bits per heavy atom. The molecule has 0 saturated carbocycles. The number of hydrogen-bond acceptors (Lipinski definition) is 8. The molecule has 2 aromatic carbocycles. The summed E-state index contributed by atoms with van der Waals surface area (Å²) in [7, 11) is 3.16. The Morgan fingerprint density at radius 1 is 0.931 bits per heavy atom. The van der Waals surface area contributed by atoms with E-state index in [-0.39, 0.29) is 6.61 Å². The van der Waals surface area contributed by atoms with Gasteiger partial charge in [0, 0.05) is 29.6 Å². The predicted octanol–water partition coefficient (Wildman–Crippen LogP) is 3.34. The molecule has 8 heteroatoms. The van der Waals surface area contributed by atoms with E-state index in [0.29, 0.717) is 41.1 Å². The number of nitrogens with one attached hydrogen (secondary N) is 2. The topological polar surface area (TPSA) is 101 Å². The van der Waals surface area contributed by atoms with Crippen molar-refractivity contribution in [1.82, 2.24) is 15.0 Å². The molecule has 4 rings (SSSR count). The fourth-order valence-electron chi connectivity index (χ4n) is 3.15. The molecule has 0 unspecified atom stereocenters. The summed E-state index contributed by atoms with van der Waals surface area (Å²) < 4.78 is 10.8. The van der Waals surface area contributed by atoms with E-state index in [1.807, 2.05) is 36.4 Å². The second kappa shape index (κ2) is 8.15. The lowest BCUT2D eigenvalue weighted by molar-refractivity contribution is 0.311. The number of nitrogens with zero attached hydrogens (tertiary/aromatic N) is 3. The number of aliphatic hydroxyl groups excluding tert-OH is 1. The van der Waals surface area contributed by atoms with Gasteiger partial charge in [-0.1, -0.05) is 24.3 Å². The highest BCUT2D eigenvalue weighted by atomic mass is 16.5. The molecule has 2 heterocycles. The summed E-state index contributed by atoms with van der Waals surface area (Å²) in [6.45, 7) is 0.332. The van der Waals surface area contributed by atoms with E-state index < -0.39 is 0 Å². The van der Waals surface area contributed by atoms with E-state index in [1.54, 1.807) is 26.5 Å². The molecular formula is C21H21N5O3. The minimum absolute atomic E-state index is 0.0214. The first-order valence-electron chi connectivity index (χ1n) is 9.12. The largest absolute Gasteiger partial charge is 0.493 e. The molecule has 0 aliphatic heterocycles. The predicted molar refractivity (Wildman–Crippen MR) is 113 cm³/mol. The molecule has 0 spiro atoms. The summed E-state index contributed by atoms with van der Waals surface area (Å²) in [6.07, 6.45) is 1.74. The number of methoxy groups -OCH3 is 2. The molecule has 0 saturated heterocycles. The van der Waals surface area contributed by atoms with Gasteiger partial charge in [-0.05, 0) is 17.5 Å². The van der Waals surface area contributed by atoms with E-state index in [4.69, 9.17) is 9.47 Å². The van der Waals surface area contributed by atoms with Gasteiger partial charge in [0.25, 0.3) is 0 Å². The van der Waals surface area contributed by atoms with Crippen LogP contribution in [0.3, 0.4) is 0 Å². The highest BCUT2D eigenvalue weighted by Crippen LogP contribution is 2.35. The van der Waals surface area contributed by atoms with Crippen LogP contribution in [0.25, 0.3) is 21.7 Å². The molecule has 2 aromatic heterocycles. The summed E-state index contributed by atoms with van der Waals surface area (Å²) in [4.78, 5) is 13.7. The second-order valence-corrected chi connectivity index (χ2v) is 6.28. The van der Waals surface area contributed by atoms with Crippen LogP contribution >= 0.6 is 0 Å². The quantitative estimate of drug-likeness (QED) is 0.441. The minimum Gasteiger partial charge on any atom is -0.493 e. The van der Waals surface area contributed by atoms with Crippen LogP contribution in [-0.2, 0) is 0 Å². The van der Waals surface area contributed by atoms with E-state index in [0.717, 1.165) is 16.2 Å². The highest BCUT2D eigenvalue weighted by Gasteiger charge is 2.14. The monoisotopic (exact) mass is 391 g/mol. The average molecular weight is 391 g/mol. The minimum atomic E-state index is -0.0214. The van der Waals surface area contributed by atoms with E-state index >= 15 is 0 Å². The van der Waals surface area contributed by atoms with Gasteiger partial charge >= 0.3 is 0 Å². The van der Waals surface area contributed by atoms with Crippen molar-refractivity contribution >= 4 is 39.3 Å². The van der Waals surface area contributed by atoms with Crippen molar-refractivity contribution in [3.8, 4) is 11.5 Å². The Kier molecular flexibility index (Phi) is 5.26. The summed E-state index contributed by atoms with van der Waals surface area (Å²) in [5, 5.41) is 18.4. The van der Waals surface area contributed by atoms with E-state index in [9.17, 15) is 5.11 Å². The summed E-state index contributed by atoms with van der Waals surface area (Å²) >= 11 is 0. The van der Waals surface area contributed by atoms with Crippen molar-refractivity contribution in [3.63, 3.8) is 0 Å². The molecule has 148 valence electrons. The molecule has 0 amide bonds. The zero-order chi connectivity index (χ0) is 20.2. The first-order valence-corrected chi connectivity index (χ1v) is 9.12. The second-order valence-electron chi connectivity index (χ2n) is 6.28. The number of benzene rings is 2. The lowest BCUT2D eigenvalue weighted by atomic mass is 10.1. The molecule has 4 aromatic rings. The zero-order valence-corrected chi connectivity index (χ0v) is 16.1. The third kappa shape index (κ3) is 3.70. The fraction of sp³-hybridized carbons (Fsp3) is 0.190. The molecule has 0 atom stereocenters. The standard InChI is InChI=1S/C21H21N5O3/c1-28-17-11-15-16(12-18(17)29-2)24-21(26-20(15)23-9-10-27)25-19-14-6-4-3-5-13(14)7-8-22-19/h3-8,11-12,27H,9-10H2,1-2H3,(H2,22,23,24,25,26). The van der Waals surface area contributed by atoms with E-state index in [1.165, 1.54) is 0 Å². The summed E-state index contributed by atoms with van der Waals surface area (Å²) in [5.41, 5.74) is 0.667. The maximum atomic E-state index is 9.23. The third-order valence-corrected chi connectivity index (χ3v) is 4.51. The maximum Gasteiger partial charge on any atom is 0.230 e. The van der Waals surface area contributed by atoms with Gasteiger partial charge in [-0.15, -0.1) is 0 Å². The highest BCUT2D eigenvalue weighted by molar-refractivity contribution is 5.95. The molecule has 3 N–H and O–H groups in total. The lowest BCUT2D eigenvalue weighted by Crippen LogP contribution is -2.10. The third-order valence-electron chi connectivity index (χ3n) is 4.51. The van der Waals surface area contributed by atoms with Crippen LogP contribution < -0.4 is 20.1 Å². The number of hydrogen-bond donors (Lipinski definition) is 3. The van der Waals surface area contributed by atoms with E-state index in [2.05, 4.69) is 25.6 Å². The van der Waals surface area contributed by atoms with Gasteiger partial charge in [-0.2, -0.15) is 4.98 Å². The van der Waals surface area contributed by atoms with Crippen LogP contribution in [0.2, 0.25) is 0 Å². The van der Waals surface area contributed by atoms with Crippen molar-refractivity contribution in [2.75, 3.05) is 38.0 Å². The molecule has 0 bridgehead atoms. The molecule has 0 aliphatic carbocycles. The number of aromatic nitrogens is 3. The molecule has 0 radical (unpaired) electrons. The maximum absolute atomic E-state index is 9.23. The van der Waals surface area contributed by atoms with Crippen LogP contribution in [0.5, 0.6) is 11.5 Å². The van der Waals surface area contributed by atoms with Gasteiger partial charge in [-0.3, -0.25) is 0 Å². The Labute approximate surface area is 167 Å². The van der Waals surface area contributed by atoms with Crippen LogP contribution in [0.1, 0.15) is 0 Å². The molecule has 8 nitrogen and oxygen atoms in total. The molecule has 29 heavy (non-hydrogen) atoms. The molecular weight excluding hydrogens is 370 g/mol. The van der Waals surface area contributed by atoms with Crippen molar-refractivity contribution in [1.29, 1.82) is 0 Å². The summed E-state index contributed by atoms with van der Waals surface area (Å²) in [6, 6.07) is 13.5. The summed E-state index contributed by atoms with van der Waals surface area (Å²) in [5.74, 6) is 2.77. The Balaban J connectivity index is 1.83.